The van der Waals surface area contributed by atoms with Crippen molar-refractivity contribution in [2.75, 3.05) is 12.0 Å². The van der Waals surface area contributed by atoms with Gasteiger partial charge in [0.25, 0.3) is 5.91 Å². The molecule has 2 aliphatic rings. The van der Waals surface area contributed by atoms with Crippen LogP contribution in [0.5, 0.6) is 0 Å². The molecule has 1 unspecified atom stereocenters. The number of likely N-dealkylation sites (tertiary alicyclic amines) is 1. The summed E-state index contributed by atoms with van der Waals surface area (Å²) in [6, 6.07) is 10.2. The van der Waals surface area contributed by atoms with Crippen LogP contribution < -0.4 is 5.43 Å². The molecule has 1 aromatic carbocycles. The number of para-hydroxylation sites is 1. The Bertz CT molecular complexity index is 927. The van der Waals surface area contributed by atoms with Gasteiger partial charge in [-0.25, -0.2) is 0 Å². The molecule has 1 aromatic heterocycles. The zero-order valence-corrected chi connectivity index (χ0v) is 17.9. The molecule has 2 heterocycles. The molecule has 0 radical (unpaired) electrons. The highest BCUT2D eigenvalue weighted by molar-refractivity contribution is 6.07. The molecule has 5 heteroatoms. The van der Waals surface area contributed by atoms with Crippen molar-refractivity contribution in [1.29, 1.82) is 0 Å². The lowest BCUT2D eigenvalue weighted by molar-refractivity contribution is 0.0599. The summed E-state index contributed by atoms with van der Waals surface area (Å²) in [7, 11) is 0. The maximum absolute atomic E-state index is 13.3. The lowest BCUT2D eigenvalue weighted by Gasteiger charge is -2.32. The van der Waals surface area contributed by atoms with Crippen LogP contribution in [0.15, 0.2) is 39.9 Å². The topological polar surface area (TPSA) is 57.8 Å². The maximum Gasteiger partial charge on any atom is 0.290 e. The monoisotopic (exact) mass is 393 g/mol. The van der Waals surface area contributed by atoms with Gasteiger partial charge in [-0.3, -0.25) is 10.2 Å². The molecule has 1 atom stereocenters. The minimum atomic E-state index is 0.0253. The predicted octanol–water partition coefficient (Wildman–Crippen LogP) is 5.39. The average Bonchev–Trinajstić information content (AvgIpc) is 3.02. The van der Waals surface area contributed by atoms with Gasteiger partial charge in [-0.15, -0.1) is 0 Å². The Morgan fingerprint density at radius 3 is 2.69 bits per heavy atom. The molecule has 1 fully saturated rings. The summed E-state index contributed by atoms with van der Waals surface area (Å²) >= 11 is 0. The Kier molecular flexibility index (Phi) is 5.24. The van der Waals surface area contributed by atoms with Crippen molar-refractivity contribution in [2.24, 2.45) is 10.5 Å². The normalized spacial score (nSPS) is 22.4. The van der Waals surface area contributed by atoms with E-state index in [-0.39, 0.29) is 17.4 Å². The number of rotatable bonds is 3. The number of hydrogen-bond donors (Lipinski definition) is 1. The van der Waals surface area contributed by atoms with E-state index in [1.54, 1.807) is 0 Å². The van der Waals surface area contributed by atoms with Crippen molar-refractivity contribution < 1.29 is 9.21 Å². The predicted molar refractivity (Wildman–Crippen MR) is 116 cm³/mol. The van der Waals surface area contributed by atoms with Gasteiger partial charge < -0.3 is 9.32 Å². The van der Waals surface area contributed by atoms with E-state index in [9.17, 15) is 4.79 Å². The van der Waals surface area contributed by atoms with Gasteiger partial charge >= 0.3 is 0 Å². The van der Waals surface area contributed by atoms with Gasteiger partial charge in [-0.05, 0) is 57.1 Å². The van der Waals surface area contributed by atoms with E-state index < -0.39 is 0 Å². The lowest BCUT2D eigenvalue weighted by atomic mass is 9.75. The van der Waals surface area contributed by atoms with E-state index >= 15 is 0 Å². The van der Waals surface area contributed by atoms with Crippen molar-refractivity contribution in [1.82, 2.24) is 4.90 Å². The second kappa shape index (κ2) is 7.69. The minimum absolute atomic E-state index is 0.0253. The Hall–Kier alpha value is -2.56. The second-order valence-corrected chi connectivity index (χ2v) is 9.25. The van der Waals surface area contributed by atoms with E-state index in [1.807, 2.05) is 42.2 Å². The number of carbonyl (C=O) groups excluding carboxylic acids is 1. The molecule has 1 saturated heterocycles. The molecule has 0 spiro atoms. The van der Waals surface area contributed by atoms with Gasteiger partial charge in [0.2, 0.25) is 0 Å². The van der Waals surface area contributed by atoms with Gasteiger partial charge in [0, 0.05) is 30.1 Å². The molecule has 154 valence electrons. The third-order valence-electron chi connectivity index (χ3n) is 6.15. The molecular weight excluding hydrogens is 362 g/mol. The minimum Gasteiger partial charge on any atom is -0.455 e. The first-order valence-electron chi connectivity index (χ1n) is 10.7. The number of benzene rings is 1. The molecule has 4 rings (SSSR count). The summed E-state index contributed by atoms with van der Waals surface area (Å²) in [5.74, 6) is 1.41. The summed E-state index contributed by atoms with van der Waals surface area (Å²) in [5, 5.41) is 4.73. The molecule has 1 N–H and O–H groups in total. The molecule has 29 heavy (non-hydrogen) atoms. The van der Waals surface area contributed by atoms with Crippen LogP contribution in [0.3, 0.4) is 0 Å². The highest BCUT2D eigenvalue weighted by Crippen LogP contribution is 2.39. The zero-order chi connectivity index (χ0) is 20.6. The zero-order valence-electron chi connectivity index (χ0n) is 17.9. The van der Waals surface area contributed by atoms with Crippen LogP contribution in [0.1, 0.15) is 73.9 Å². The molecule has 1 amide bonds. The quantitative estimate of drug-likeness (QED) is 0.711. The fraction of sp³-hybridized carbons (Fsp3) is 0.500. The van der Waals surface area contributed by atoms with Crippen LogP contribution in [0.4, 0.5) is 5.69 Å². The number of hydrazone groups is 1. The first-order chi connectivity index (χ1) is 13.9. The third kappa shape index (κ3) is 3.96. The van der Waals surface area contributed by atoms with E-state index in [0.29, 0.717) is 5.76 Å². The lowest BCUT2D eigenvalue weighted by Crippen LogP contribution is -2.42. The number of fused-ring (bicyclic) bond motifs is 1. The summed E-state index contributed by atoms with van der Waals surface area (Å²) in [6.45, 7) is 9.39. The Morgan fingerprint density at radius 2 is 1.97 bits per heavy atom. The molecule has 1 aliphatic carbocycles. The van der Waals surface area contributed by atoms with Crippen LogP contribution in [-0.2, 0) is 6.42 Å². The molecule has 5 nitrogen and oxygen atoms in total. The van der Waals surface area contributed by atoms with Gasteiger partial charge in [-0.1, -0.05) is 32.0 Å². The number of furan rings is 1. The first-order valence-corrected chi connectivity index (χ1v) is 10.7. The SMILES string of the molecule is Cc1c(C(=O)N2CCCCC2C)oc2c1/C(=N\Nc1ccccc1)CC(C)(C)C2. The van der Waals surface area contributed by atoms with E-state index in [4.69, 9.17) is 9.52 Å². The summed E-state index contributed by atoms with van der Waals surface area (Å²) in [6.07, 6.45) is 4.97. The largest absolute Gasteiger partial charge is 0.455 e. The molecular formula is C24H31N3O2. The highest BCUT2D eigenvalue weighted by atomic mass is 16.4. The summed E-state index contributed by atoms with van der Waals surface area (Å²) in [5.41, 5.74) is 7.07. The van der Waals surface area contributed by atoms with Gasteiger partial charge in [-0.2, -0.15) is 5.10 Å². The maximum atomic E-state index is 13.3. The van der Waals surface area contributed by atoms with E-state index in [1.165, 1.54) is 6.42 Å². The molecule has 1 aliphatic heterocycles. The second-order valence-electron chi connectivity index (χ2n) is 9.25. The summed E-state index contributed by atoms with van der Waals surface area (Å²) in [4.78, 5) is 15.2. The number of nitrogens with zero attached hydrogens (tertiary/aromatic N) is 2. The number of piperidine rings is 1. The van der Waals surface area contributed by atoms with Crippen LogP contribution in [0, 0.1) is 12.3 Å². The Labute approximate surface area is 173 Å². The van der Waals surface area contributed by atoms with Crippen LogP contribution >= 0.6 is 0 Å². The van der Waals surface area contributed by atoms with Crippen molar-refractivity contribution in [3.05, 3.63) is 53.0 Å². The molecule has 0 saturated carbocycles. The first kappa shape index (κ1) is 19.7. The van der Waals surface area contributed by atoms with Gasteiger partial charge in [0.05, 0.1) is 11.4 Å². The van der Waals surface area contributed by atoms with Crippen molar-refractivity contribution in [3.63, 3.8) is 0 Å². The van der Waals surface area contributed by atoms with Crippen LogP contribution in [0.2, 0.25) is 0 Å². The third-order valence-corrected chi connectivity index (χ3v) is 6.15. The number of anilines is 1. The van der Waals surface area contributed by atoms with Crippen molar-refractivity contribution >= 4 is 17.3 Å². The summed E-state index contributed by atoms with van der Waals surface area (Å²) < 4.78 is 6.22. The molecule has 0 bridgehead atoms. The fourth-order valence-corrected chi connectivity index (χ4v) is 4.59. The standard InChI is InChI=1S/C24H31N3O2/c1-16-10-8-9-13-27(16)23(28)22-17(2)21-19(14-24(3,4)15-20(21)29-22)26-25-18-11-6-5-7-12-18/h5-7,11-12,16,25H,8-10,13-15H2,1-4H3/b26-19-. The Balaban J connectivity index is 1.69. The smallest absolute Gasteiger partial charge is 0.290 e. The van der Waals surface area contributed by atoms with E-state index in [2.05, 4.69) is 26.2 Å². The van der Waals surface area contributed by atoms with Gasteiger partial charge in [0.15, 0.2) is 5.76 Å². The van der Waals surface area contributed by atoms with Crippen LogP contribution in [-0.4, -0.2) is 29.1 Å². The fourth-order valence-electron chi connectivity index (χ4n) is 4.59. The number of hydrogen-bond acceptors (Lipinski definition) is 4. The highest BCUT2D eigenvalue weighted by Gasteiger charge is 2.37. The average molecular weight is 394 g/mol. The van der Waals surface area contributed by atoms with Crippen molar-refractivity contribution in [2.45, 2.75) is 65.8 Å². The number of carbonyl (C=O) groups is 1. The van der Waals surface area contributed by atoms with E-state index in [0.717, 1.165) is 60.5 Å². The molecule has 2 aromatic rings. The number of amides is 1. The van der Waals surface area contributed by atoms with Crippen molar-refractivity contribution in [3.8, 4) is 0 Å². The Morgan fingerprint density at radius 1 is 1.21 bits per heavy atom. The number of nitrogens with one attached hydrogen (secondary N) is 1. The van der Waals surface area contributed by atoms with Gasteiger partial charge in [0.1, 0.15) is 5.76 Å². The van der Waals surface area contributed by atoms with Crippen LogP contribution in [0.25, 0.3) is 0 Å².